The van der Waals surface area contributed by atoms with E-state index in [1.54, 1.807) is 0 Å². The summed E-state index contributed by atoms with van der Waals surface area (Å²) in [4.78, 5) is 11.5. The van der Waals surface area contributed by atoms with Crippen LogP contribution in [0.1, 0.15) is 39.5 Å². The molecule has 76 valence electrons. The van der Waals surface area contributed by atoms with Gasteiger partial charge in [0.05, 0.1) is 6.10 Å². The molecule has 0 radical (unpaired) electrons. The summed E-state index contributed by atoms with van der Waals surface area (Å²) in [6, 6.07) is -0.0649. The highest BCUT2D eigenvalue weighted by molar-refractivity contribution is 5.75. The van der Waals surface area contributed by atoms with E-state index in [2.05, 4.69) is 5.32 Å². The zero-order valence-electron chi connectivity index (χ0n) is 8.51. The molecule has 0 aromatic carbocycles. The van der Waals surface area contributed by atoms with E-state index in [9.17, 15) is 4.79 Å². The van der Waals surface area contributed by atoms with Crippen molar-refractivity contribution in [1.82, 2.24) is 5.32 Å². The van der Waals surface area contributed by atoms with Crippen molar-refractivity contribution in [1.29, 1.82) is 0 Å². The molecule has 0 saturated carbocycles. The SMILES string of the molecule is CC(C)OC(=O)C1CCCCCN1. The predicted molar refractivity (Wildman–Crippen MR) is 51.5 cm³/mol. The third kappa shape index (κ3) is 3.77. The molecule has 13 heavy (non-hydrogen) atoms. The van der Waals surface area contributed by atoms with Crippen LogP contribution in [0.4, 0.5) is 0 Å². The third-order valence-corrected chi connectivity index (χ3v) is 2.20. The lowest BCUT2D eigenvalue weighted by atomic mass is 10.1. The second-order valence-electron chi connectivity index (χ2n) is 3.84. The lowest BCUT2D eigenvalue weighted by Gasteiger charge is -2.16. The van der Waals surface area contributed by atoms with Crippen molar-refractivity contribution in [3.8, 4) is 0 Å². The molecular formula is C10H19NO2. The Morgan fingerprint density at radius 2 is 2.15 bits per heavy atom. The van der Waals surface area contributed by atoms with Gasteiger partial charge in [-0.3, -0.25) is 4.79 Å². The molecule has 3 nitrogen and oxygen atoms in total. The van der Waals surface area contributed by atoms with Crippen LogP contribution in [-0.2, 0) is 9.53 Å². The molecule has 0 aromatic rings. The Balaban J connectivity index is 2.35. The van der Waals surface area contributed by atoms with Gasteiger partial charge in [-0.15, -0.1) is 0 Å². The van der Waals surface area contributed by atoms with Crippen molar-refractivity contribution in [2.24, 2.45) is 0 Å². The Morgan fingerprint density at radius 1 is 1.38 bits per heavy atom. The molecule has 1 unspecified atom stereocenters. The Bertz CT molecular complexity index is 160. The highest BCUT2D eigenvalue weighted by Crippen LogP contribution is 2.10. The molecule has 0 aromatic heterocycles. The Hall–Kier alpha value is -0.570. The molecule has 1 aliphatic rings. The second-order valence-corrected chi connectivity index (χ2v) is 3.84. The molecule has 3 heteroatoms. The first-order valence-electron chi connectivity index (χ1n) is 5.14. The van der Waals surface area contributed by atoms with E-state index in [0.717, 1.165) is 19.4 Å². The van der Waals surface area contributed by atoms with E-state index in [4.69, 9.17) is 4.74 Å². The van der Waals surface area contributed by atoms with Crippen LogP contribution < -0.4 is 5.32 Å². The Kier molecular flexibility index (Phi) is 4.22. The van der Waals surface area contributed by atoms with Crippen LogP contribution in [-0.4, -0.2) is 24.7 Å². The molecule has 1 heterocycles. The molecule has 0 spiro atoms. The fraction of sp³-hybridized carbons (Fsp3) is 0.900. The maximum Gasteiger partial charge on any atom is 0.323 e. The second kappa shape index (κ2) is 5.22. The molecule has 1 atom stereocenters. The highest BCUT2D eigenvalue weighted by Gasteiger charge is 2.21. The average Bonchev–Trinajstić information content (AvgIpc) is 2.29. The molecular weight excluding hydrogens is 166 g/mol. The van der Waals surface area contributed by atoms with E-state index in [0.29, 0.717) is 0 Å². The first-order chi connectivity index (χ1) is 6.20. The van der Waals surface area contributed by atoms with Crippen molar-refractivity contribution < 1.29 is 9.53 Å². The minimum absolute atomic E-state index is 0.00227. The first-order valence-corrected chi connectivity index (χ1v) is 5.14. The number of esters is 1. The topological polar surface area (TPSA) is 38.3 Å². The molecule has 0 aliphatic carbocycles. The van der Waals surface area contributed by atoms with Gasteiger partial charge in [0.25, 0.3) is 0 Å². The molecule has 1 aliphatic heterocycles. The van der Waals surface area contributed by atoms with E-state index in [-0.39, 0.29) is 18.1 Å². The number of rotatable bonds is 2. The molecule has 1 N–H and O–H groups in total. The summed E-state index contributed by atoms with van der Waals surface area (Å²) >= 11 is 0. The van der Waals surface area contributed by atoms with Gasteiger partial charge in [-0.05, 0) is 33.2 Å². The van der Waals surface area contributed by atoms with Gasteiger partial charge < -0.3 is 10.1 Å². The number of ether oxygens (including phenoxy) is 1. The summed E-state index contributed by atoms with van der Waals surface area (Å²) in [5.74, 6) is -0.0862. The van der Waals surface area contributed by atoms with Crippen molar-refractivity contribution >= 4 is 5.97 Å². The zero-order chi connectivity index (χ0) is 9.68. The minimum atomic E-state index is -0.0862. The van der Waals surface area contributed by atoms with Crippen LogP contribution in [0.3, 0.4) is 0 Å². The number of hydrogen-bond donors (Lipinski definition) is 1. The van der Waals surface area contributed by atoms with Crippen LogP contribution in [0.15, 0.2) is 0 Å². The van der Waals surface area contributed by atoms with Crippen molar-refractivity contribution in [3.63, 3.8) is 0 Å². The zero-order valence-corrected chi connectivity index (χ0v) is 8.51. The van der Waals surface area contributed by atoms with Gasteiger partial charge in [0.15, 0.2) is 0 Å². The van der Waals surface area contributed by atoms with Gasteiger partial charge in [-0.2, -0.15) is 0 Å². The minimum Gasteiger partial charge on any atom is -0.462 e. The van der Waals surface area contributed by atoms with E-state index < -0.39 is 0 Å². The largest absolute Gasteiger partial charge is 0.462 e. The summed E-state index contributed by atoms with van der Waals surface area (Å²) in [6.45, 7) is 4.71. The standard InChI is InChI=1S/C10H19NO2/c1-8(2)13-10(12)9-6-4-3-5-7-11-9/h8-9,11H,3-7H2,1-2H3. The Labute approximate surface area is 79.8 Å². The average molecular weight is 185 g/mol. The van der Waals surface area contributed by atoms with Crippen LogP contribution in [0.25, 0.3) is 0 Å². The number of nitrogens with one attached hydrogen (secondary N) is 1. The van der Waals surface area contributed by atoms with Gasteiger partial charge in [-0.25, -0.2) is 0 Å². The summed E-state index contributed by atoms with van der Waals surface area (Å²) in [5, 5.41) is 3.21. The monoisotopic (exact) mass is 185 g/mol. The molecule has 0 bridgehead atoms. The van der Waals surface area contributed by atoms with Gasteiger partial charge >= 0.3 is 5.97 Å². The molecule has 1 rings (SSSR count). The summed E-state index contributed by atoms with van der Waals surface area (Å²) in [5.41, 5.74) is 0. The summed E-state index contributed by atoms with van der Waals surface area (Å²) in [7, 11) is 0. The summed E-state index contributed by atoms with van der Waals surface area (Å²) in [6.07, 6.45) is 4.44. The van der Waals surface area contributed by atoms with Gasteiger partial charge in [0.1, 0.15) is 6.04 Å². The first kappa shape index (κ1) is 10.5. The van der Waals surface area contributed by atoms with Gasteiger partial charge in [0, 0.05) is 0 Å². The maximum absolute atomic E-state index is 11.5. The van der Waals surface area contributed by atoms with E-state index in [1.165, 1.54) is 12.8 Å². The van der Waals surface area contributed by atoms with Crippen LogP contribution in [0.5, 0.6) is 0 Å². The number of hydrogen-bond acceptors (Lipinski definition) is 3. The van der Waals surface area contributed by atoms with Gasteiger partial charge in [-0.1, -0.05) is 12.8 Å². The quantitative estimate of drug-likeness (QED) is 0.662. The highest BCUT2D eigenvalue weighted by atomic mass is 16.5. The van der Waals surface area contributed by atoms with Crippen LogP contribution in [0.2, 0.25) is 0 Å². The van der Waals surface area contributed by atoms with E-state index in [1.807, 2.05) is 13.8 Å². The maximum atomic E-state index is 11.5. The molecule has 1 fully saturated rings. The normalized spacial score (nSPS) is 24.1. The third-order valence-electron chi connectivity index (χ3n) is 2.20. The summed E-state index contributed by atoms with van der Waals surface area (Å²) < 4.78 is 5.14. The van der Waals surface area contributed by atoms with Gasteiger partial charge in [0.2, 0.25) is 0 Å². The number of carbonyl (C=O) groups is 1. The van der Waals surface area contributed by atoms with Crippen molar-refractivity contribution in [3.05, 3.63) is 0 Å². The fourth-order valence-electron chi connectivity index (χ4n) is 1.54. The Morgan fingerprint density at radius 3 is 2.85 bits per heavy atom. The van der Waals surface area contributed by atoms with Crippen LogP contribution >= 0.6 is 0 Å². The molecule has 1 saturated heterocycles. The van der Waals surface area contributed by atoms with Crippen molar-refractivity contribution in [2.45, 2.75) is 51.7 Å². The fourth-order valence-corrected chi connectivity index (χ4v) is 1.54. The number of carbonyl (C=O) groups excluding carboxylic acids is 1. The van der Waals surface area contributed by atoms with E-state index >= 15 is 0 Å². The lowest BCUT2D eigenvalue weighted by Crippen LogP contribution is -2.38. The van der Waals surface area contributed by atoms with Crippen molar-refractivity contribution in [2.75, 3.05) is 6.54 Å². The smallest absolute Gasteiger partial charge is 0.323 e. The van der Waals surface area contributed by atoms with Crippen LogP contribution in [0, 0.1) is 0 Å². The molecule has 0 amide bonds. The lowest BCUT2D eigenvalue weighted by molar-refractivity contribution is -0.150. The predicted octanol–water partition coefficient (Wildman–Crippen LogP) is 1.47.